The average Bonchev–Trinajstić information content (AvgIpc) is 3.22. The summed E-state index contributed by atoms with van der Waals surface area (Å²) in [7, 11) is -3.76. The largest absolute Gasteiger partial charge is 0.342 e. The minimum atomic E-state index is -3.76. The van der Waals surface area contributed by atoms with Crippen molar-refractivity contribution in [1.82, 2.24) is 19.6 Å². The minimum Gasteiger partial charge on any atom is -0.342 e. The van der Waals surface area contributed by atoms with E-state index in [0.29, 0.717) is 18.7 Å². The number of aromatic amines is 1. The van der Waals surface area contributed by atoms with Gasteiger partial charge < -0.3 is 9.88 Å². The van der Waals surface area contributed by atoms with Crippen molar-refractivity contribution in [2.24, 2.45) is 0 Å². The summed E-state index contributed by atoms with van der Waals surface area (Å²) in [5.74, 6) is 3.04. The lowest BCUT2D eigenvalue weighted by Gasteiger charge is -2.32. The van der Waals surface area contributed by atoms with Gasteiger partial charge in [-0.05, 0) is 43.2 Å². The van der Waals surface area contributed by atoms with E-state index < -0.39 is 10.0 Å². The first-order valence-electron chi connectivity index (χ1n) is 9.75. The Morgan fingerprint density at radius 2 is 2.10 bits per heavy atom. The lowest BCUT2D eigenvalue weighted by molar-refractivity contribution is 0.0704. The summed E-state index contributed by atoms with van der Waals surface area (Å²) in [6.45, 7) is 1.05. The standard InChI is InChI=1S/C22H22N4O3S/c1-2-12-23-30(28,29)18-9-5-7-16(14-18)22(27)26-13-6-8-17(15-26)21-24-19-10-3-4-11-20(19)25-21/h1,3-5,7,9-11,14,17,23H,6,8,12-13,15H2,(H,24,25)/t17-/m1/s1. The predicted octanol–water partition coefficient (Wildman–Crippen LogP) is 2.49. The molecule has 0 saturated carbocycles. The monoisotopic (exact) mass is 422 g/mol. The number of terminal acetylenes is 1. The molecule has 0 spiro atoms. The van der Waals surface area contributed by atoms with Gasteiger partial charge in [0.1, 0.15) is 5.82 Å². The molecule has 2 N–H and O–H groups in total. The van der Waals surface area contributed by atoms with Crippen LogP contribution in [-0.2, 0) is 10.0 Å². The Morgan fingerprint density at radius 1 is 1.27 bits per heavy atom. The molecule has 2 aromatic carbocycles. The van der Waals surface area contributed by atoms with Gasteiger partial charge in [0.15, 0.2) is 0 Å². The van der Waals surface area contributed by atoms with Crippen LogP contribution in [0.15, 0.2) is 53.4 Å². The number of para-hydroxylation sites is 2. The first-order valence-corrected chi connectivity index (χ1v) is 11.2. The molecule has 0 aliphatic carbocycles. The van der Waals surface area contributed by atoms with Crippen LogP contribution in [0.4, 0.5) is 0 Å². The van der Waals surface area contributed by atoms with Gasteiger partial charge in [0.2, 0.25) is 10.0 Å². The number of amides is 1. The van der Waals surface area contributed by atoms with Crippen molar-refractivity contribution in [2.45, 2.75) is 23.7 Å². The molecule has 1 aromatic heterocycles. The van der Waals surface area contributed by atoms with Crippen molar-refractivity contribution in [2.75, 3.05) is 19.6 Å². The molecule has 1 aliphatic heterocycles. The maximum absolute atomic E-state index is 13.1. The summed E-state index contributed by atoms with van der Waals surface area (Å²) >= 11 is 0. The number of hydrogen-bond acceptors (Lipinski definition) is 4. The Bertz CT molecular complexity index is 1190. The molecule has 1 aliphatic rings. The van der Waals surface area contributed by atoms with Gasteiger partial charge in [0.05, 0.1) is 22.5 Å². The molecule has 4 rings (SSSR count). The average molecular weight is 423 g/mol. The second-order valence-electron chi connectivity index (χ2n) is 7.29. The van der Waals surface area contributed by atoms with Crippen LogP contribution >= 0.6 is 0 Å². The predicted molar refractivity (Wildman–Crippen MR) is 114 cm³/mol. The summed E-state index contributed by atoms with van der Waals surface area (Å²) in [5.41, 5.74) is 2.23. The van der Waals surface area contributed by atoms with Gasteiger partial charge >= 0.3 is 0 Å². The number of H-pyrrole nitrogens is 1. The molecule has 7 nitrogen and oxygen atoms in total. The highest BCUT2D eigenvalue weighted by molar-refractivity contribution is 7.89. The van der Waals surface area contributed by atoms with Crippen molar-refractivity contribution >= 4 is 27.0 Å². The molecule has 1 amide bonds. The number of fused-ring (bicyclic) bond motifs is 1. The van der Waals surface area contributed by atoms with Crippen LogP contribution in [0.5, 0.6) is 0 Å². The first kappa shape index (κ1) is 20.1. The number of carbonyl (C=O) groups excluding carboxylic acids is 1. The number of nitrogens with zero attached hydrogens (tertiary/aromatic N) is 2. The Balaban J connectivity index is 1.53. The number of imidazole rings is 1. The van der Waals surface area contributed by atoms with Gasteiger partial charge in [0.25, 0.3) is 5.91 Å². The third-order valence-electron chi connectivity index (χ3n) is 5.26. The van der Waals surface area contributed by atoms with Crippen molar-refractivity contribution in [3.63, 3.8) is 0 Å². The zero-order valence-corrected chi connectivity index (χ0v) is 17.2. The highest BCUT2D eigenvalue weighted by atomic mass is 32.2. The van der Waals surface area contributed by atoms with E-state index >= 15 is 0 Å². The lowest BCUT2D eigenvalue weighted by Crippen LogP contribution is -2.39. The Hall–Kier alpha value is -3.15. The van der Waals surface area contributed by atoms with Crippen molar-refractivity contribution in [3.8, 4) is 12.3 Å². The molecule has 1 fully saturated rings. The van der Waals surface area contributed by atoms with Gasteiger partial charge in [-0.25, -0.2) is 13.4 Å². The smallest absolute Gasteiger partial charge is 0.253 e. The SMILES string of the molecule is C#CCNS(=O)(=O)c1cccc(C(=O)N2CCC[C@@H](c3nc4ccccc4[nH]3)C2)c1. The number of piperidine rings is 1. The van der Waals surface area contributed by atoms with E-state index in [2.05, 4.69) is 20.6 Å². The van der Waals surface area contributed by atoms with E-state index in [9.17, 15) is 13.2 Å². The van der Waals surface area contributed by atoms with Crippen molar-refractivity contribution in [1.29, 1.82) is 0 Å². The van der Waals surface area contributed by atoms with Crippen molar-refractivity contribution < 1.29 is 13.2 Å². The van der Waals surface area contributed by atoms with Gasteiger partial charge in [0, 0.05) is 24.6 Å². The molecule has 30 heavy (non-hydrogen) atoms. The molecular formula is C22H22N4O3S. The van der Waals surface area contributed by atoms with Crippen LogP contribution in [0.2, 0.25) is 0 Å². The molecule has 0 bridgehead atoms. The third-order valence-corrected chi connectivity index (χ3v) is 6.66. The maximum Gasteiger partial charge on any atom is 0.253 e. The van der Waals surface area contributed by atoms with E-state index in [1.54, 1.807) is 17.0 Å². The first-order chi connectivity index (χ1) is 14.5. The molecule has 1 atom stereocenters. The quantitative estimate of drug-likeness (QED) is 0.618. The Kier molecular flexibility index (Phi) is 5.57. The fourth-order valence-corrected chi connectivity index (χ4v) is 4.73. The molecule has 0 unspecified atom stereocenters. The fourth-order valence-electron chi connectivity index (χ4n) is 3.75. The van der Waals surface area contributed by atoms with Gasteiger partial charge in [-0.15, -0.1) is 6.42 Å². The summed E-state index contributed by atoms with van der Waals surface area (Å²) < 4.78 is 27.0. The summed E-state index contributed by atoms with van der Waals surface area (Å²) in [6, 6.07) is 13.9. The molecule has 0 radical (unpaired) electrons. The van der Waals surface area contributed by atoms with Gasteiger partial charge in [-0.1, -0.05) is 24.1 Å². The third kappa shape index (κ3) is 4.08. The number of aromatic nitrogens is 2. The Labute approximate surface area is 175 Å². The number of sulfonamides is 1. The maximum atomic E-state index is 13.1. The fraction of sp³-hybridized carbons (Fsp3) is 0.273. The van der Waals surface area contributed by atoms with E-state index in [-0.39, 0.29) is 23.3 Å². The number of likely N-dealkylation sites (tertiary alicyclic amines) is 1. The van der Waals surface area contributed by atoms with E-state index in [1.807, 2.05) is 24.3 Å². The zero-order chi connectivity index (χ0) is 21.1. The van der Waals surface area contributed by atoms with E-state index in [0.717, 1.165) is 29.7 Å². The second-order valence-corrected chi connectivity index (χ2v) is 9.05. The topological polar surface area (TPSA) is 95.2 Å². The number of benzene rings is 2. The van der Waals surface area contributed by atoms with Crippen LogP contribution < -0.4 is 4.72 Å². The number of nitrogens with one attached hydrogen (secondary N) is 2. The van der Waals surface area contributed by atoms with Gasteiger partial charge in [-0.2, -0.15) is 4.72 Å². The van der Waals surface area contributed by atoms with E-state index in [1.165, 1.54) is 12.1 Å². The van der Waals surface area contributed by atoms with Crippen LogP contribution in [0.25, 0.3) is 11.0 Å². The zero-order valence-electron chi connectivity index (χ0n) is 16.3. The molecule has 154 valence electrons. The summed E-state index contributed by atoms with van der Waals surface area (Å²) in [4.78, 5) is 22.9. The van der Waals surface area contributed by atoms with Crippen LogP contribution in [0.3, 0.4) is 0 Å². The van der Waals surface area contributed by atoms with Crippen molar-refractivity contribution in [3.05, 3.63) is 59.9 Å². The van der Waals surface area contributed by atoms with E-state index in [4.69, 9.17) is 6.42 Å². The molecule has 1 saturated heterocycles. The molecule has 3 aromatic rings. The summed E-state index contributed by atoms with van der Waals surface area (Å²) in [5, 5.41) is 0. The lowest BCUT2D eigenvalue weighted by atomic mass is 9.96. The molecule has 2 heterocycles. The summed E-state index contributed by atoms with van der Waals surface area (Å²) in [6.07, 6.45) is 6.92. The van der Waals surface area contributed by atoms with Crippen LogP contribution in [-0.4, -0.2) is 48.8 Å². The number of carbonyl (C=O) groups is 1. The normalized spacial score (nSPS) is 17.0. The molecule has 8 heteroatoms. The highest BCUT2D eigenvalue weighted by Gasteiger charge is 2.28. The molecular weight excluding hydrogens is 400 g/mol. The second kappa shape index (κ2) is 8.30. The highest BCUT2D eigenvalue weighted by Crippen LogP contribution is 2.28. The number of rotatable bonds is 5. The van der Waals surface area contributed by atoms with Crippen LogP contribution in [0, 0.1) is 12.3 Å². The Morgan fingerprint density at radius 3 is 2.90 bits per heavy atom. The minimum absolute atomic E-state index is 0.0226. The van der Waals surface area contributed by atoms with Crippen LogP contribution in [0.1, 0.15) is 34.9 Å². The number of hydrogen-bond donors (Lipinski definition) is 2. The van der Waals surface area contributed by atoms with Gasteiger partial charge in [-0.3, -0.25) is 4.79 Å².